The van der Waals surface area contributed by atoms with E-state index < -0.39 is 0 Å². The van der Waals surface area contributed by atoms with E-state index in [1.807, 2.05) is 0 Å². The molecule has 0 aromatic heterocycles. The zero-order valence-corrected chi connectivity index (χ0v) is 11.6. The van der Waals surface area contributed by atoms with Crippen molar-refractivity contribution in [3.8, 4) is 0 Å². The van der Waals surface area contributed by atoms with Crippen LogP contribution >= 0.6 is 0 Å². The molecule has 17 heavy (non-hydrogen) atoms. The van der Waals surface area contributed by atoms with Crippen molar-refractivity contribution in [3.05, 3.63) is 0 Å². The Labute approximate surface area is 106 Å². The van der Waals surface area contributed by atoms with Crippen molar-refractivity contribution in [1.29, 1.82) is 0 Å². The average Bonchev–Trinajstić information content (AvgIpc) is 2.85. The molecule has 0 aromatic carbocycles. The molecule has 0 spiro atoms. The van der Waals surface area contributed by atoms with Crippen molar-refractivity contribution in [2.24, 2.45) is 5.92 Å². The number of hydrogen-bond donors (Lipinski definition) is 1. The molecule has 0 bridgehead atoms. The molecule has 2 aliphatic heterocycles. The van der Waals surface area contributed by atoms with Crippen LogP contribution in [0.2, 0.25) is 0 Å². The van der Waals surface area contributed by atoms with E-state index in [1.54, 1.807) is 0 Å². The molecular formula is C14H28N2O. The number of piperazine rings is 1. The van der Waals surface area contributed by atoms with Gasteiger partial charge in [0.25, 0.3) is 0 Å². The highest BCUT2D eigenvalue weighted by Crippen LogP contribution is 2.24. The van der Waals surface area contributed by atoms with Crippen molar-refractivity contribution in [1.82, 2.24) is 10.2 Å². The minimum Gasteiger partial charge on any atom is -0.381 e. The van der Waals surface area contributed by atoms with Gasteiger partial charge in [0, 0.05) is 37.8 Å². The molecule has 2 aliphatic rings. The molecule has 0 aliphatic carbocycles. The Balaban J connectivity index is 1.91. The summed E-state index contributed by atoms with van der Waals surface area (Å²) in [6.45, 7) is 11.3. The lowest BCUT2D eigenvalue weighted by atomic mass is 9.95. The van der Waals surface area contributed by atoms with Crippen LogP contribution in [-0.2, 0) is 4.74 Å². The van der Waals surface area contributed by atoms with Gasteiger partial charge in [0.1, 0.15) is 0 Å². The Hall–Kier alpha value is -0.120. The topological polar surface area (TPSA) is 24.5 Å². The molecular weight excluding hydrogens is 212 g/mol. The SMILES string of the molecule is CCCC1CN(C(C)C2CCOC2)C(C)CN1. The summed E-state index contributed by atoms with van der Waals surface area (Å²) in [7, 11) is 0. The molecule has 2 heterocycles. The Kier molecular flexibility index (Phi) is 4.83. The lowest BCUT2D eigenvalue weighted by Gasteiger charge is -2.44. The second kappa shape index (κ2) is 6.17. The van der Waals surface area contributed by atoms with Crippen LogP contribution in [-0.4, -0.2) is 49.3 Å². The fraction of sp³-hybridized carbons (Fsp3) is 1.00. The van der Waals surface area contributed by atoms with E-state index in [9.17, 15) is 0 Å². The van der Waals surface area contributed by atoms with Crippen LogP contribution in [0.25, 0.3) is 0 Å². The summed E-state index contributed by atoms with van der Waals surface area (Å²) < 4.78 is 5.54. The molecule has 4 atom stereocenters. The summed E-state index contributed by atoms with van der Waals surface area (Å²) in [6, 6.07) is 2.04. The van der Waals surface area contributed by atoms with Gasteiger partial charge < -0.3 is 10.1 Å². The first-order valence-corrected chi connectivity index (χ1v) is 7.29. The highest BCUT2D eigenvalue weighted by atomic mass is 16.5. The lowest BCUT2D eigenvalue weighted by molar-refractivity contribution is 0.0601. The summed E-state index contributed by atoms with van der Waals surface area (Å²) in [5.74, 6) is 0.748. The molecule has 0 saturated carbocycles. The molecule has 3 nitrogen and oxygen atoms in total. The van der Waals surface area contributed by atoms with Gasteiger partial charge in [-0.3, -0.25) is 4.90 Å². The largest absolute Gasteiger partial charge is 0.381 e. The van der Waals surface area contributed by atoms with Crippen LogP contribution < -0.4 is 5.32 Å². The quantitative estimate of drug-likeness (QED) is 0.812. The number of rotatable bonds is 4. The summed E-state index contributed by atoms with van der Waals surface area (Å²) in [6.07, 6.45) is 3.83. The third kappa shape index (κ3) is 3.21. The maximum Gasteiger partial charge on any atom is 0.0509 e. The molecule has 2 saturated heterocycles. The fourth-order valence-electron chi connectivity index (χ4n) is 3.27. The van der Waals surface area contributed by atoms with Crippen LogP contribution in [0, 0.1) is 5.92 Å². The van der Waals surface area contributed by atoms with E-state index in [2.05, 4.69) is 31.0 Å². The first kappa shape index (κ1) is 13.3. The number of nitrogens with zero attached hydrogens (tertiary/aromatic N) is 1. The second-order valence-electron chi connectivity index (χ2n) is 5.80. The highest BCUT2D eigenvalue weighted by Gasteiger charge is 2.33. The van der Waals surface area contributed by atoms with Gasteiger partial charge in [-0.05, 0) is 32.6 Å². The van der Waals surface area contributed by atoms with E-state index >= 15 is 0 Å². The Morgan fingerprint density at radius 2 is 2.29 bits per heavy atom. The first-order chi connectivity index (χ1) is 8.22. The van der Waals surface area contributed by atoms with Gasteiger partial charge >= 0.3 is 0 Å². The van der Waals surface area contributed by atoms with Crippen LogP contribution in [0.4, 0.5) is 0 Å². The van der Waals surface area contributed by atoms with Gasteiger partial charge in [-0.25, -0.2) is 0 Å². The van der Waals surface area contributed by atoms with Gasteiger partial charge in [-0.15, -0.1) is 0 Å². The molecule has 0 radical (unpaired) electrons. The van der Waals surface area contributed by atoms with Gasteiger partial charge in [-0.1, -0.05) is 13.3 Å². The Morgan fingerprint density at radius 3 is 2.94 bits per heavy atom. The van der Waals surface area contributed by atoms with E-state index in [-0.39, 0.29) is 0 Å². The molecule has 2 rings (SSSR count). The van der Waals surface area contributed by atoms with Gasteiger partial charge in [-0.2, -0.15) is 0 Å². The molecule has 1 N–H and O–H groups in total. The van der Waals surface area contributed by atoms with E-state index in [4.69, 9.17) is 4.74 Å². The smallest absolute Gasteiger partial charge is 0.0509 e. The number of hydrogen-bond acceptors (Lipinski definition) is 3. The third-order valence-corrected chi connectivity index (χ3v) is 4.51. The van der Waals surface area contributed by atoms with Crippen molar-refractivity contribution < 1.29 is 4.74 Å². The fourth-order valence-corrected chi connectivity index (χ4v) is 3.27. The number of nitrogens with one attached hydrogen (secondary N) is 1. The van der Waals surface area contributed by atoms with Gasteiger partial charge in [0.2, 0.25) is 0 Å². The molecule has 3 heteroatoms. The molecule has 0 amide bonds. The van der Waals surface area contributed by atoms with E-state index in [0.29, 0.717) is 18.1 Å². The standard InChI is InChI=1S/C14H28N2O/c1-4-5-14-9-16(11(2)8-15-14)12(3)13-6-7-17-10-13/h11-15H,4-10H2,1-3H3. The zero-order valence-electron chi connectivity index (χ0n) is 11.6. The monoisotopic (exact) mass is 240 g/mol. The van der Waals surface area contributed by atoms with Crippen molar-refractivity contribution in [3.63, 3.8) is 0 Å². The normalized spacial score (nSPS) is 37.2. The van der Waals surface area contributed by atoms with Crippen LogP contribution in [0.1, 0.15) is 40.0 Å². The molecule has 4 unspecified atom stereocenters. The minimum atomic E-state index is 0.665. The van der Waals surface area contributed by atoms with Crippen molar-refractivity contribution >= 4 is 0 Å². The Bertz CT molecular complexity index is 228. The summed E-state index contributed by atoms with van der Waals surface area (Å²) in [4.78, 5) is 2.70. The van der Waals surface area contributed by atoms with Crippen LogP contribution in [0.5, 0.6) is 0 Å². The molecule has 100 valence electrons. The number of ether oxygens (including phenoxy) is 1. The maximum absolute atomic E-state index is 5.54. The van der Waals surface area contributed by atoms with Crippen LogP contribution in [0.3, 0.4) is 0 Å². The second-order valence-corrected chi connectivity index (χ2v) is 5.80. The van der Waals surface area contributed by atoms with Gasteiger partial charge in [0.05, 0.1) is 6.61 Å². The zero-order chi connectivity index (χ0) is 12.3. The highest BCUT2D eigenvalue weighted by molar-refractivity contribution is 4.89. The van der Waals surface area contributed by atoms with Crippen molar-refractivity contribution in [2.75, 3.05) is 26.3 Å². The third-order valence-electron chi connectivity index (χ3n) is 4.51. The average molecular weight is 240 g/mol. The van der Waals surface area contributed by atoms with Crippen molar-refractivity contribution in [2.45, 2.75) is 58.2 Å². The predicted molar refractivity (Wildman–Crippen MR) is 71.3 cm³/mol. The lowest BCUT2D eigenvalue weighted by Crippen LogP contribution is -2.59. The van der Waals surface area contributed by atoms with Crippen LogP contribution in [0.15, 0.2) is 0 Å². The Morgan fingerprint density at radius 1 is 1.47 bits per heavy atom. The van der Waals surface area contributed by atoms with Gasteiger partial charge in [0.15, 0.2) is 0 Å². The van der Waals surface area contributed by atoms with E-state index in [0.717, 1.165) is 25.7 Å². The summed E-state index contributed by atoms with van der Waals surface area (Å²) in [5.41, 5.74) is 0. The molecule has 2 fully saturated rings. The first-order valence-electron chi connectivity index (χ1n) is 7.29. The molecule has 0 aromatic rings. The summed E-state index contributed by atoms with van der Waals surface area (Å²) >= 11 is 0. The van der Waals surface area contributed by atoms with E-state index in [1.165, 1.54) is 25.8 Å². The minimum absolute atomic E-state index is 0.665. The summed E-state index contributed by atoms with van der Waals surface area (Å²) in [5, 5.41) is 3.67. The predicted octanol–water partition coefficient (Wildman–Crippen LogP) is 1.87. The maximum atomic E-state index is 5.54.